The van der Waals surface area contributed by atoms with Crippen molar-refractivity contribution in [2.24, 2.45) is 0 Å². The molecule has 2 N–H and O–H groups in total. The minimum absolute atomic E-state index is 0.0412. The molecule has 1 amide bonds. The number of fused-ring (bicyclic) bond motifs is 2. The third kappa shape index (κ3) is 2.24. The number of carbonyl (C=O) groups is 2. The smallest absolute Gasteiger partial charge is 0.335 e. The van der Waals surface area contributed by atoms with Crippen LogP contribution in [0.1, 0.15) is 22.3 Å². The topological polar surface area (TPSA) is 84.2 Å². The lowest BCUT2D eigenvalue weighted by molar-refractivity contribution is -0.116. The van der Waals surface area contributed by atoms with Gasteiger partial charge in [0.2, 0.25) is 5.91 Å². The minimum atomic E-state index is -0.967. The van der Waals surface area contributed by atoms with Gasteiger partial charge in [-0.1, -0.05) is 0 Å². The number of imidazole rings is 1. The molecule has 114 valence electrons. The van der Waals surface area contributed by atoms with Gasteiger partial charge in [0, 0.05) is 17.8 Å². The van der Waals surface area contributed by atoms with Gasteiger partial charge in [-0.05, 0) is 48.4 Å². The lowest BCUT2D eigenvalue weighted by Gasteiger charge is -2.18. The van der Waals surface area contributed by atoms with Crippen molar-refractivity contribution in [3.63, 3.8) is 0 Å². The molecule has 1 aliphatic heterocycles. The van der Waals surface area contributed by atoms with Gasteiger partial charge in [0.15, 0.2) is 0 Å². The molecule has 6 heteroatoms. The number of aromatic carboxylic acids is 1. The first kappa shape index (κ1) is 13.5. The molecule has 0 unspecified atom stereocenters. The van der Waals surface area contributed by atoms with Crippen LogP contribution >= 0.6 is 0 Å². The summed E-state index contributed by atoms with van der Waals surface area (Å²) >= 11 is 0. The van der Waals surface area contributed by atoms with Gasteiger partial charge in [0.25, 0.3) is 0 Å². The summed E-state index contributed by atoms with van der Waals surface area (Å²) < 4.78 is 1.91. The van der Waals surface area contributed by atoms with Crippen molar-refractivity contribution in [2.75, 3.05) is 5.32 Å². The number of carbonyl (C=O) groups excluding carboxylic acids is 1. The molecule has 2 aromatic carbocycles. The summed E-state index contributed by atoms with van der Waals surface area (Å²) in [5.41, 5.74) is 4.57. The first-order chi connectivity index (χ1) is 11.1. The molecule has 0 aliphatic carbocycles. The third-order valence-corrected chi connectivity index (χ3v) is 4.06. The van der Waals surface area contributed by atoms with Crippen molar-refractivity contribution in [3.8, 4) is 5.69 Å². The molecular formula is C17H13N3O3. The quantitative estimate of drug-likeness (QED) is 0.762. The Bertz CT molecular complexity index is 959. The maximum absolute atomic E-state index is 11.4. The molecule has 0 bridgehead atoms. The number of hydrogen-bond donors (Lipinski definition) is 2. The normalized spacial score (nSPS) is 13.7. The largest absolute Gasteiger partial charge is 0.478 e. The maximum atomic E-state index is 11.4. The summed E-state index contributed by atoms with van der Waals surface area (Å²) in [6.07, 6.45) is 2.88. The fourth-order valence-electron chi connectivity index (χ4n) is 2.87. The predicted octanol–water partition coefficient (Wildman–Crippen LogP) is 2.61. The van der Waals surface area contributed by atoms with Crippen molar-refractivity contribution < 1.29 is 14.7 Å². The second-order valence-corrected chi connectivity index (χ2v) is 5.51. The summed E-state index contributed by atoms with van der Waals surface area (Å²) in [5, 5.41) is 11.9. The van der Waals surface area contributed by atoms with E-state index in [-0.39, 0.29) is 11.5 Å². The van der Waals surface area contributed by atoms with Gasteiger partial charge >= 0.3 is 5.97 Å². The molecule has 1 aromatic heterocycles. The molecule has 1 aliphatic rings. The van der Waals surface area contributed by atoms with Crippen LogP contribution in [0.2, 0.25) is 0 Å². The summed E-state index contributed by atoms with van der Waals surface area (Å²) in [4.78, 5) is 26.8. The third-order valence-electron chi connectivity index (χ3n) is 4.06. The van der Waals surface area contributed by atoms with Crippen molar-refractivity contribution in [1.82, 2.24) is 9.55 Å². The van der Waals surface area contributed by atoms with E-state index in [1.165, 1.54) is 0 Å². The van der Waals surface area contributed by atoms with Crippen molar-refractivity contribution in [1.29, 1.82) is 0 Å². The number of nitrogens with one attached hydrogen (secondary N) is 1. The summed E-state index contributed by atoms with van der Waals surface area (Å²) in [5.74, 6) is -0.925. The van der Waals surface area contributed by atoms with E-state index in [2.05, 4.69) is 10.3 Å². The van der Waals surface area contributed by atoms with Crippen LogP contribution in [0, 0.1) is 0 Å². The van der Waals surface area contributed by atoms with E-state index in [0.29, 0.717) is 18.4 Å². The number of rotatable bonds is 2. The molecule has 4 rings (SSSR count). The number of nitrogens with zero attached hydrogens (tertiary/aromatic N) is 2. The van der Waals surface area contributed by atoms with Gasteiger partial charge in [-0.2, -0.15) is 0 Å². The van der Waals surface area contributed by atoms with Gasteiger partial charge < -0.3 is 10.4 Å². The van der Waals surface area contributed by atoms with E-state index < -0.39 is 5.97 Å². The Morgan fingerprint density at radius 3 is 2.87 bits per heavy atom. The van der Waals surface area contributed by atoms with Crippen LogP contribution in [-0.2, 0) is 11.2 Å². The zero-order chi connectivity index (χ0) is 16.0. The van der Waals surface area contributed by atoms with Crippen LogP contribution in [0.3, 0.4) is 0 Å². The molecule has 2 heterocycles. The van der Waals surface area contributed by atoms with E-state index in [4.69, 9.17) is 5.11 Å². The maximum Gasteiger partial charge on any atom is 0.335 e. The Hall–Kier alpha value is -3.15. The number of carboxylic acids is 1. The second-order valence-electron chi connectivity index (χ2n) is 5.51. The van der Waals surface area contributed by atoms with Gasteiger partial charge in [0.05, 0.1) is 16.6 Å². The average molecular weight is 307 g/mol. The molecule has 0 saturated heterocycles. The van der Waals surface area contributed by atoms with E-state index in [9.17, 15) is 9.59 Å². The van der Waals surface area contributed by atoms with Crippen LogP contribution in [0.5, 0.6) is 0 Å². The Balaban J connectivity index is 1.80. The lowest BCUT2D eigenvalue weighted by Crippen LogP contribution is -2.19. The van der Waals surface area contributed by atoms with E-state index in [1.807, 2.05) is 22.8 Å². The average Bonchev–Trinajstić information content (AvgIpc) is 2.97. The zero-order valence-corrected chi connectivity index (χ0v) is 12.1. The fraction of sp³-hybridized carbons (Fsp3) is 0.118. The Labute approximate surface area is 131 Å². The molecule has 0 spiro atoms. The zero-order valence-electron chi connectivity index (χ0n) is 12.1. The molecule has 0 saturated carbocycles. The van der Waals surface area contributed by atoms with Gasteiger partial charge in [0.1, 0.15) is 6.33 Å². The minimum Gasteiger partial charge on any atom is -0.478 e. The number of aryl methyl sites for hydroxylation is 1. The molecule has 0 fully saturated rings. The van der Waals surface area contributed by atoms with Crippen molar-refractivity contribution in [3.05, 3.63) is 53.9 Å². The number of carboxylic acid groups (broad SMARTS) is 1. The summed E-state index contributed by atoms with van der Waals surface area (Å²) in [6.45, 7) is 0. The van der Waals surface area contributed by atoms with Crippen molar-refractivity contribution >= 4 is 28.6 Å². The number of anilines is 1. The molecule has 6 nitrogen and oxygen atoms in total. The van der Waals surface area contributed by atoms with Crippen LogP contribution < -0.4 is 5.32 Å². The van der Waals surface area contributed by atoms with Gasteiger partial charge in [-0.3, -0.25) is 9.36 Å². The van der Waals surface area contributed by atoms with Crippen LogP contribution in [0.15, 0.2) is 42.7 Å². The van der Waals surface area contributed by atoms with Gasteiger partial charge in [-0.25, -0.2) is 9.78 Å². The first-order valence-electron chi connectivity index (χ1n) is 7.25. The number of amides is 1. The second kappa shape index (κ2) is 4.95. The fourth-order valence-corrected chi connectivity index (χ4v) is 2.87. The Kier molecular flexibility index (Phi) is 2.90. The molecule has 0 radical (unpaired) electrons. The standard InChI is InChI=1S/C17H13N3O3/c21-16-6-2-10-7-12(3-4-13(10)19-16)20-9-18-14-8-11(17(22)23)1-5-15(14)20/h1,3-5,7-9H,2,6H2,(H,19,21)(H,22,23). The number of benzene rings is 2. The lowest BCUT2D eigenvalue weighted by atomic mass is 10.0. The number of hydrogen-bond acceptors (Lipinski definition) is 3. The SMILES string of the molecule is O=C1CCc2cc(-n3cnc4cc(C(=O)O)ccc43)ccc2N1. The Morgan fingerprint density at radius 2 is 2.04 bits per heavy atom. The highest BCUT2D eigenvalue weighted by Crippen LogP contribution is 2.27. The molecule has 3 aromatic rings. The highest BCUT2D eigenvalue weighted by Gasteiger charge is 2.16. The van der Waals surface area contributed by atoms with E-state index >= 15 is 0 Å². The summed E-state index contributed by atoms with van der Waals surface area (Å²) in [7, 11) is 0. The van der Waals surface area contributed by atoms with E-state index in [1.54, 1.807) is 24.5 Å². The summed E-state index contributed by atoms with van der Waals surface area (Å²) in [6, 6.07) is 10.7. The predicted molar refractivity (Wildman–Crippen MR) is 85.0 cm³/mol. The van der Waals surface area contributed by atoms with Gasteiger partial charge in [-0.15, -0.1) is 0 Å². The van der Waals surface area contributed by atoms with Crippen molar-refractivity contribution in [2.45, 2.75) is 12.8 Å². The van der Waals surface area contributed by atoms with E-state index in [0.717, 1.165) is 22.5 Å². The molecular weight excluding hydrogens is 294 g/mol. The van der Waals surface area contributed by atoms with Crippen LogP contribution in [0.25, 0.3) is 16.7 Å². The van der Waals surface area contributed by atoms with Crippen LogP contribution in [-0.4, -0.2) is 26.5 Å². The van der Waals surface area contributed by atoms with Crippen LogP contribution in [0.4, 0.5) is 5.69 Å². The Morgan fingerprint density at radius 1 is 1.17 bits per heavy atom. The number of aromatic nitrogens is 2. The highest BCUT2D eigenvalue weighted by molar-refractivity contribution is 5.94. The molecule has 23 heavy (non-hydrogen) atoms. The molecule has 0 atom stereocenters. The first-order valence-corrected chi connectivity index (χ1v) is 7.25. The highest BCUT2D eigenvalue weighted by atomic mass is 16.4. The monoisotopic (exact) mass is 307 g/mol.